The summed E-state index contributed by atoms with van der Waals surface area (Å²) in [5.41, 5.74) is 1.60. The first-order chi connectivity index (χ1) is 13.1. The Morgan fingerprint density at radius 3 is 2.36 bits per heavy atom. The molecule has 0 bridgehead atoms. The molecule has 0 aliphatic carbocycles. The lowest BCUT2D eigenvalue weighted by atomic mass is 10.1. The van der Waals surface area contributed by atoms with Crippen LogP contribution in [0.15, 0.2) is 47.5 Å². The van der Waals surface area contributed by atoms with Gasteiger partial charge in [-0.25, -0.2) is 9.38 Å². The molecular weight excluding hydrogens is 476 g/mol. The second kappa shape index (κ2) is 12.4. The normalized spacial score (nSPS) is 12.0. The number of rotatable bonds is 8. The van der Waals surface area contributed by atoms with Crippen LogP contribution < -0.4 is 20.1 Å². The van der Waals surface area contributed by atoms with Crippen molar-refractivity contribution in [1.29, 1.82) is 0 Å². The SMILES string of the molecule is CCNC(=NCc1ccc(F)cc1)NCC(O)c1ccc(OC)c(OC)c1.I. The van der Waals surface area contributed by atoms with Crippen LogP contribution in [0.4, 0.5) is 4.39 Å². The van der Waals surface area contributed by atoms with E-state index in [0.717, 1.165) is 5.56 Å². The molecule has 1 unspecified atom stereocenters. The van der Waals surface area contributed by atoms with Crippen LogP contribution in [0.2, 0.25) is 0 Å². The van der Waals surface area contributed by atoms with Gasteiger partial charge in [0, 0.05) is 13.1 Å². The summed E-state index contributed by atoms with van der Waals surface area (Å²) in [7, 11) is 3.12. The van der Waals surface area contributed by atoms with Crippen molar-refractivity contribution in [2.45, 2.75) is 19.6 Å². The van der Waals surface area contributed by atoms with Gasteiger partial charge in [0.15, 0.2) is 17.5 Å². The summed E-state index contributed by atoms with van der Waals surface area (Å²) in [5, 5.41) is 16.7. The predicted molar refractivity (Wildman–Crippen MR) is 119 cm³/mol. The molecule has 3 N–H and O–H groups in total. The summed E-state index contributed by atoms with van der Waals surface area (Å²) in [6.45, 7) is 3.31. The molecule has 2 rings (SSSR count). The maximum Gasteiger partial charge on any atom is 0.191 e. The molecular formula is C20H27FIN3O3. The number of halogens is 2. The van der Waals surface area contributed by atoms with Crippen molar-refractivity contribution in [3.05, 3.63) is 59.4 Å². The fourth-order valence-corrected chi connectivity index (χ4v) is 2.47. The summed E-state index contributed by atoms with van der Waals surface area (Å²) in [5.74, 6) is 1.47. The maximum atomic E-state index is 13.0. The summed E-state index contributed by atoms with van der Waals surface area (Å²) in [6.07, 6.45) is -0.750. The molecule has 0 fully saturated rings. The van der Waals surface area contributed by atoms with Gasteiger partial charge in [-0.05, 0) is 42.3 Å². The summed E-state index contributed by atoms with van der Waals surface area (Å²) >= 11 is 0. The average Bonchev–Trinajstić information content (AvgIpc) is 2.70. The zero-order valence-corrected chi connectivity index (χ0v) is 18.6. The molecule has 0 aromatic heterocycles. The Kier molecular flexibility index (Phi) is 10.6. The number of guanidine groups is 1. The lowest BCUT2D eigenvalue weighted by Crippen LogP contribution is -2.39. The first-order valence-corrected chi connectivity index (χ1v) is 8.74. The molecule has 1 atom stereocenters. The molecule has 2 aromatic rings. The van der Waals surface area contributed by atoms with Crippen LogP contribution in [-0.2, 0) is 6.54 Å². The Hall–Kier alpha value is -2.07. The van der Waals surface area contributed by atoms with Crippen molar-refractivity contribution in [3.8, 4) is 11.5 Å². The van der Waals surface area contributed by atoms with Crippen LogP contribution >= 0.6 is 24.0 Å². The van der Waals surface area contributed by atoms with E-state index in [2.05, 4.69) is 15.6 Å². The number of nitrogens with one attached hydrogen (secondary N) is 2. The minimum atomic E-state index is -0.750. The lowest BCUT2D eigenvalue weighted by molar-refractivity contribution is 0.180. The minimum Gasteiger partial charge on any atom is -0.493 e. The fourth-order valence-electron chi connectivity index (χ4n) is 2.47. The van der Waals surface area contributed by atoms with Crippen LogP contribution in [0.1, 0.15) is 24.2 Å². The Labute approximate surface area is 182 Å². The first kappa shape index (κ1) is 24.0. The Morgan fingerprint density at radius 2 is 1.75 bits per heavy atom. The number of nitrogens with zero attached hydrogens (tertiary/aromatic N) is 1. The number of hydrogen-bond donors (Lipinski definition) is 3. The molecule has 0 radical (unpaired) electrons. The third-order valence-electron chi connectivity index (χ3n) is 3.93. The number of aliphatic hydroxyl groups excluding tert-OH is 1. The van der Waals surface area contributed by atoms with Crippen molar-refractivity contribution in [2.75, 3.05) is 27.3 Å². The van der Waals surface area contributed by atoms with E-state index in [1.54, 1.807) is 44.6 Å². The highest BCUT2D eigenvalue weighted by atomic mass is 127. The molecule has 154 valence electrons. The summed E-state index contributed by atoms with van der Waals surface area (Å²) in [6, 6.07) is 11.5. The monoisotopic (exact) mass is 503 g/mol. The van der Waals surface area contributed by atoms with Gasteiger partial charge in [0.05, 0.1) is 26.9 Å². The van der Waals surface area contributed by atoms with E-state index in [1.165, 1.54) is 12.1 Å². The van der Waals surface area contributed by atoms with Crippen molar-refractivity contribution >= 4 is 29.9 Å². The summed E-state index contributed by atoms with van der Waals surface area (Å²) < 4.78 is 23.4. The minimum absolute atomic E-state index is 0. The Bertz CT molecular complexity index is 757. The van der Waals surface area contributed by atoms with E-state index in [0.29, 0.717) is 36.1 Å². The largest absolute Gasteiger partial charge is 0.493 e. The van der Waals surface area contributed by atoms with E-state index in [1.807, 2.05) is 6.92 Å². The van der Waals surface area contributed by atoms with Gasteiger partial charge in [0.25, 0.3) is 0 Å². The van der Waals surface area contributed by atoms with Gasteiger partial charge in [-0.2, -0.15) is 0 Å². The van der Waals surface area contributed by atoms with Crippen molar-refractivity contribution in [2.24, 2.45) is 4.99 Å². The van der Waals surface area contributed by atoms with E-state index in [4.69, 9.17) is 9.47 Å². The van der Waals surface area contributed by atoms with Gasteiger partial charge in [-0.1, -0.05) is 18.2 Å². The highest BCUT2D eigenvalue weighted by Crippen LogP contribution is 2.29. The number of aliphatic imine (C=N–C) groups is 1. The van der Waals surface area contributed by atoms with Gasteiger partial charge in [0.1, 0.15) is 5.82 Å². The number of hydrogen-bond acceptors (Lipinski definition) is 4. The summed E-state index contributed by atoms with van der Waals surface area (Å²) in [4.78, 5) is 4.46. The lowest BCUT2D eigenvalue weighted by Gasteiger charge is -2.17. The highest BCUT2D eigenvalue weighted by Gasteiger charge is 2.12. The van der Waals surface area contributed by atoms with Crippen LogP contribution in [0.5, 0.6) is 11.5 Å². The molecule has 0 saturated heterocycles. The topological polar surface area (TPSA) is 75.1 Å². The predicted octanol–water partition coefficient (Wildman–Crippen LogP) is 3.25. The quantitative estimate of drug-likeness (QED) is 0.293. The first-order valence-electron chi connectivity index (χ1n) is 8.74. The van der Waals surface area contributed by atoms with Crippen LogP contribution in [0, 0.1) is 5.82 Å². The Morgan fingerprint density at radius 1 is 1.07 bits per heavy atom. The molecule has 2 aromatic carbocycles. The second-order valence-corrected chi connectivity index (χ2v) is 5.83. The van der Waals surface area contributed by atoms with Crippen molar-refractivity contribution in [1.82, 2.24) is 10.6 Å². The highest BCUT2D eigenvalue weighted by molar-refractivity contribution is 14.0. The number of benzene rings is 2. The zero-order valence-electron chi connectivity index (χ0n) is 16.2. The zero-order chi connectivity index (χ0) is 19.6. The molecule has 0 aliphatic rings. The van der Waals surface area contributed by atoms with E-state index in [-0.39, 0.29) is 36.3 Å². The molecule has 0 saturated carbocycles. The molecule has 0 amide bonds. The van der Waals surface area contributed by atoms with Crippen LogP contribution in [0.25, 0.3) is 0 Å². The van der Waals surface area contributed by atoms with Gasteiger partial charge >= 0.3 is 0 Å². The second-order valence-electron chi connectivity index (χ2n) is 5.83. The molecule has 8 heteroatoms. The third-order valence-corrected chi connectivity index (χ3v) is 3.93. The van der Waals surface area contributed by atoms with Gasteiger partial charge < -0.3 is 25.2 Å². The van der Waals surface area contributed by atoms with Crippen molar-refractivity contribution < 1.29 is 19.0 Å². The number of methoxy groups -OCH3 is 2. The Balaban J connectivity index is 0.00000392. The van der Waals surface area contributed by atoms with E-state index < -0.39 is 6.10 Å². The molecule has 28 heavy (non-hydrogen) atoms. The van der Waals surface area contributed by atoms with Gasteiger partial charge in [-0.15, -0.1) is 24.0 Å². The molecule has 6 nitrogen and oxygen atoms in total. The van der Waals surface area contributed by atoms with Gasteiger partial charge in [-0.3, -0.25) is 0 Å². The van der Waals surface area contributed by atoms with Crippen LogP contribution in [0.3, 0.4) is 0 Å². The third kappa shape index (κ3) is 7.16. The van der Waals surface area contributed by atoms with Crippen molar-refractivity contribution in [3.63, 3.8) is 0 Å². The van der Waals surface area contributed by atoms with Crippen LogP contribution in [-0.4, -0.2) is 38.4 Å². The van der Waals surface area contributed by atoms with E-state index >= 15 is 0 Å². The number of ether oxygens (including phenoxy) is 2. The standard InChI is InChI=1S/C20H26FN3O3.HI/c1-4-22-20(23-12-14-5-8-16(21)9-6-14)24-13-17(25)15-7-10-18(26-2)19(11-15)27-3;/h5-11,17,25H,4,12-13H2,1-3H3,(H2,22,23,24);1H. The molecule has 0 heterocycles. The average molecular weight is 503 g/mol. The van der Waals surface area contributed by atoms with Gasteiger partial charge in [0.2, 0.25) is 0 Å². The molecule has 0 aliphatic heterocycles. The maximum absolute atomic E-state index is 13.0. The smallest absolute Gasteiger partial charge is 0.191 e. The fraction of sp³-hybridized carbons (Fsp3) is 0.350. The number of aliphatic hydroxyl groups is 1. The van der Waals surface area contributed by atoms with E-state index in [9.17, 15) is 9.50 Å². The molecule has 0 spiro atoms.